The van der Waals surface area contributed by atoms with Crippen molar-refractivity contribution in [2.24, 2.45) is 11.3 Å². The number of likely N-dealkylation sites (N-methyl/N-ethyl adjacent to an activating group) is 1. The van der Waals surface area contributed by atoms with Gasteiger partial charge < -0.3 is 14.5 Å². The fourth-order valence-corrected chi connectivity index (χ4v) is 7.04. The topological polar surface area (TPSA) is 70.2 Å². The summed E-state index contributed by atoms with van der Waals surface area (Å²) < 4.78 is 31.2. The number of piperidine rings is 2. The molecule has 1 aromatic carbocycles. The summed E-state index contributed by atoms with van der Waals surface area (Å²) in [4.78, 5) is 17.6. The van der Waals surface area contributed by atoms with Crippen molar-refractivity contribution in [3.05, 3.63) is 29.8 Å². The van der Waals surface area contributed by atoms with Gasteiger partial charge in [-0.1, -0.05) is 24.6 Å². The lowest BCUT2D eigenvalue weighted by Gasteiger charge is -2.44. The van der Waals surface area contributed by atoms with Crippen LogP contribution in [0.25, 0.3) is 0 Å². The van der Waals surface area contributed by atoms with Crippen LogP contribution in [0.15, 0.2) is 24.3 Å². The molecule has 0 aliphatic carbocycles. The third-order valence-corrected chi connectivity index (χ3v) is 9.70. The van der Waals surface area contributed by atoms with Crippen molar-refractivity contribution in [2.75, 3.05) is 59.2 Å². The maximum atomic E-state index is 13.1. The van der Waals surface area contributed by atoms with Crippen molar-refractivity contribution in [1.29, 1.82) is 0 Å². The van der Waals surface area contributed by atoms with E-state index in [4.69, 9.17) is 4.74 Å². The minimum atomic E-state index is -3.12. The van der Waals surface area contributed by atoms with Crippen LogP contribution in [0, 0.1) is 11.3 Å². The van der Waals surface area contributed by atoms with E-state index in [-0.39, 0.29) is 11.3 Å². The lowest BCUT2D eigenvalue weighted by Crippen LogP contribution is -2.48. The first kappa shape index (κ1) is 26.4. The van der Waals surface area contributed by atoms with Crippen LogP contribution in [0.5, 0.6) is 5.75 Å². The fourth-order valence-electron chi connectivity index (χ4n) is 6.17. The Morgan fingerprint density at radius 3 is 2.46 bits per heavy atom. The van der Waals surface area contributed by atoms with Crippen LogP contribution in [0.2, 0.25) is 0 Å². The smallest absolute Gasteiger partial charge is 0.222 e. The summed E-state index contributed by atoms with van der Waals surface area (Å²) in [5, 5.41) is 0. The number of sulfonamides is 1. The standard InChI is InChI=1S/C27H43N3O4S/c1-28-19-20-34-25-9-4-3-7-24(25)8-5-6-12-27(22-28)13-17-29(18-14-27)26(31)21-23-10-15-30(16-11-23)35(2,32)33/h3-4,7,9,23H,5-6,8,10-22H2,1-2H3. The molecule has 0 N–H and O–H groups in total. The first-order chi connectivity index (χ1) is 16.7. The summed E-state index contributed by atoms with van der Waals surface area (Å²) >= 11 is 0. The predicted octanol–water partition coefficient (Wildman–Crippen LogP) is 3.39. The number of hydrogen-bond donors (Lipinski definition) is 0. The van der Waals surface area contributed by atoms with Crippen molar-refractivity contribution in [1.82, 2.24) is 14.1 Å². The van der Waals surface area contributed by atoms with Gasteiger partial charge in [0.15, 0.2) is 0 Å². The molecule has 0 atom stereocenters. The van der Waals surface area contributed by atoms with E-state index in [0.29, 0.717) is 32.0 Å². The molecule has 0 saturated carbocycles. The maximum Gasteiger partial charge on any atom is 0.222 e. The molecular formula is C27H43N3O4S. The van der Waals surface area contributed by atoms with Crippen molar-refractivity contribution >= 4 is 15.9 Å². The number of likely N-dealkylation sites (tertiary alicyclic amines) is 1. The van der Waals surface area contributed by atoms with Gasteiger partial charge in [-0.2, -0.15) is 0 Å². The van der Waals surface area contributed by atoms with Crippen LogP contribution in [-0.4, -0.2) is 87.6 Å². The average molecular weight is 506 g/mol. The molecular weight excluding hydrogens is 462 g/mol. The number of ether oxygens (including phenoxy) is 1. The van der Waals surface area contributed by atoms with Crippen LogP contribution in [0.1, 0.15) is 56.9 Å². The maximum absolute atomic E-state index is 13.1. The summed E-state index contributed by atoms with van der Waals surface area (Å²) in [6.45, 7) is 5.43. The minimum Gasteiger partial charge on any atom is -0.492 e. The summed E-state index contributed by atoms with van der Waals surface area (Å²) in [7, 11) is -0.924. The molecule has 0 aromatic heterocycles. The summed E-state index contributed by atoms with van der Waals surface area (Å²) in [5.74, 6) is 1.58. The van der Waals surface area contributed by atoms with Crippen LogP contribution in [0.4, 0.5) is 0 Å². The zero-order valence-corrected chi connectivity index (χ0v) is 22.4. The number of carbonyl (C=O) groups is 1. The average Bonchev–Trinajstić information content (AvgIpc) is 2.82. The molecule has 0 bridgehead atoms. The number of para-hydroxylation sites is 1. The number of benzene rings is 1. The number of hydrogen-bond acceptors (Lipinski definition) is 5. The zero-order chi connectivity index (χ0) is 24.9. The van der Waals surface area contributed by atoms with Gasteiger partial charge in [0.1, 0.15) is 12.4 Å². The van der Waals surface area contributed by atoms with Gasteiger partial charge in [-0.3, -0.25) is 4.79 Å². The van der Waals surface area contributed by atoms with Gasteiger partial charge in [0.2, 0.25) is 15.9 Å². The normalized spacial score (nSPS) is 23.7. The molecule has 0 radical (unpaired) electrons. The van der Waals surface area contributed by atoms with Gasteiger partial charge in [-0.25, -0.2) is 12.7 Å². The molecule has 196 valence electrons. The fraction of sp³-hybridized carbons (Fsp3) is 0.741. The first-order valence-corrected chi connectivity index (χ1v) is 15.2. The van der Waals surface area contributed by atoms with Crippen molar-refractivity contribution < 1.29 is 17.9 Å². The lowest BCUT2D eigenvalue weighted by atomic mass is 9.73. The number of rotatable bonds is 3. The molecule has 1 aromatic rings. The van der Waals surface area contributed by atoms with Crippen LogP contribution < -0.4 is 4.74 Å². The van der Waals surface area contributed by atoms with E-state index >= 15 is 0 Å². The van der Waals surface area contributed by atoms with E-state index < -0.39 is 10.0 Å². The SMILES string of the molecule is CN1CCOc2ccccc2CCCCC2(CCN(C(=O)CC3CCN(S(C)(=O)=O)CC3)CC2)C1. The summed E-state index contributed by atoms with van der Waals surface area (Å²) in [5.41, 5.74) is 1.58. The number of aryl methyl sites for hydroxylation is 1. The van der Waals surface area contributed by atoms with E-state index in [9.17, 15) is 13.2 Å². The summed E-state index contributed by atoms with van der Waals surface area (Å²) in [6, 6.07) is 8.43. The number of amides is 1. The number of nitrogens with zero attached hydrogens (tertiary/aromatic N) is 3. The molecule has 2 saturated heterocycles. The van der Waals surface area contributed by atoms with Gasteiger partial charge in [-0.15, -0.1) is 0 Å². The lowest BCUT2D eigenvalue weighted by molar-refractivity contribution is -0.135. The van der Waals surface area contributed by atoms with E-state index in [0.717, 1.165) is 64.0 Å². The Kier molecular flexibility index (Phi) is 8.76. The van der Waals surface area contributed by atoms with Crippen LogP contribution in [-0.2, 0) is 21.2 Å². The Hall–Kier alpha value is -1.64. The molecule has 3 heterocycles. The molecule has 0 unspecified atom stereocenters. The highest BCUT2D eigenvalue weighted by molar-refractivity contribution is 7.88. The van der Waals surface area contributed by atoms with Gasteiger partial charge in [0, 0.05) is 45.7 Å². The number of fused-ring (bicyclic) bond motifs is 1. The van der Waals surface area contributed by atoms with Gasteiger partial charge >= 0.3 is 0 Å². The quantitative estimate of drug-likeness (QED) is 0.630. The molecule has 1 spiro atoms. The van der Waals surface area contributed by atoms with Gasteiger partial charge in [0.05, 0.1) is 6.26 Å². The molecule has 1 amide bonds. The molecule has 4 rings (SSSR count). The highest BCUT2D eigenvalue weighted by Gasteiger charge is 2.37. The van der Waals surface area contributed by atoms with Crippen molar-refractivity contribution in [3.63, 3.8) is 0 Å². The Morgan fingerprint density at radius 1 is 1.03 bits per heavy atom. The zero-order valence-electron chi connectivity index (χ0n) is 21.6. The molecule has 8 heteroatoms. The van der Waals surface area contributed by atoms with Crippen LogP contribution in [0.3, 0.4) is 0 Å². The molecule has 3 aliphatic heterocycles. The van der Waals surface area contributed by atoms with Crippen molar-refractivity contribution in [3.8, 4) is 5.75 Å². The molecule has 35 heavy (non-hydrogen) atoms. The third-order valence-electron chi connectivity index (χ3n) is 8.39. The van der Waals surface area contributed by atoms with Crippen molar-refractivity contribution in [2.45, 2.75) is 57.8 Å². The van der Waals surface area contributed by atoms with E-state index in [1.807, 2.05) is 0 Å². The molecule has 3 aliphatic rings. The Bertz CT molecular complexity index is 951. The van der Waals surface area contributed by atoms with E-state index in [1.165, 1.54) is 31.1 Å². The second-order valence-electron chi connectivity index (χ2n) is 11.1. The van der Waals surface area contributed by atoms with E-state index in [1.54, 1.807) is 4.31 Å². The molecule has 2 fully saturated rings. The highest BCUT2D eigenvalue weighted by Crippen LogP contribution is 2.38. The second kappa shape index (κ2) is 11.6. The highest BCUT2D eigenvalue weighted by atomic mass is 32.2. The molecule has 7 nitrogen and oxygen atoms in total. The Balaban J connectivity index is 1.29. The minimum absolute atomic E-state index is 0.254. The van der Waals surface area contributed by atoms with Crippen LogP contribution >= 0.6 is 0 Å². The largest absolute Gasteiger partial charge is 0.492 e. The van der Waals surface area contributed by atoms with Gasteiger partial charge in [-0.05, 0) is 75.0 Å². The van der Waals surface area contributed by atoms with Gasteiger partial charge in [0.25, 0.3) is 0 Å². The second-order valence-corrected chi connectivity index (χ2v) is 13.1. The Labute approximate surface area is 211 Å². The predicted molar refractivity (Wildman–Crippen MR) is 139 cm³/mol. The monoisotopic (exact) mass is 505 g/mol. The summed E-state index contributed by atoms with van der Waals surface area (Å²) in [6.07, 6.45) is 10.2. The first-order valence-electron chi connectivity index (χ1n) is 13.4. The Morgan fingerprint density at radius 2 is 1.74 bits per heavy atom. The third kappa shape index (κ3) is 7.20. The number of carbonyl (C=O) groups excluding carboxylic acids is 1. The van der Waals surface area contributed by atoms with E-state index in [2.05, 4.69) is 41.1 Å².